The molecule has 4 N–H and O–H groups in total. The van der Waals surface area contributed by atoms with E-state index < -0.39 is 13.5 Å². The van der Waals surface area contributed by atoms with Gasteiger partial charge in [0.05, 0.1) is 6.42 Å². The van der Waals surface area contributed by atoms with E-state index in [0.717, 1.165) is 0 Å². The molecule has 1 aromatic rings. The lowest BCUT2D eigenvalue weighted by molar-refractivity contribution is -0.112. The third kappa shape index (κ3) is 3.52. The first-order chi connectivity index (χ1) is 7.37. The second-order valence-electron chi connectivity index (χ2n) is 3.21. The molecular weight excluding hydrogens is 233 g/mol. The van der Waals surface area contributed by atoms with Crippen LogP contribution in [0, 0.1) is 0 Å². The minimum atomic E-state index is -4.77. The predicted molar refractivity (Wildman–Crippen MR) is 56.1 cm³/mol. The van der Waals surface area contributed by atoms with Crippen molar-refractivity contribution < 1.29 is 23.7 Å². The van der Waals surface area contributed by atoms with Gasteiger partial charge in [-0.2, -0.15) is 0 Å². The van der Waals surface area contributed by atoms with Crippen LogP contribution in [0.2, 0.25) is 0 Å². The molecule has 1 aromatic carbocycles. The molecule has 0 aliphatic rings. The van der Waals surface area contributed by atoms with Gasteiger partial charge in [0.1, 0.15) is 6.29 Å². The quantitative estimate of drug-likeness (QED) is 0.395. The Bertz CT molecular complexity index is 404. The van der Waals surface area contributed by atoms with Crippen LogP contribution in [0.1, 0.15) is 12.0 Å². The number of carbonyl (C=O) groups is 1. The number of rotatable bonds is 5. The van der Waals surface area contributed by atoms with Crippen molar-refractivity contribution in [3.63, 3.8) is 0 Å². The molecule has 1 rings (SSSR count). The highest BCUT2D eigenvalue weighted by molar-refractivity contribution is 7.46. The highest BCUT2D eigenvalue weighted by atomic mass is 31.2. The van der Waals surface area contributed by atoms with Crippen LogP contribution in [-0.4, -0.2) is 16.1 Å². The average Bonchev–Trinajstić information content (AvgIpc) is 2.16. The molecule has 0 saturated carbocycles. The second kappa shape index (κ2) is 4.86. The molecule has 6 nitrogen and oxygen atoms in total. The molecular formula is C9H12NO5P. The van der Waals surface area contributed by atoms with Crippen LogP contribution in [0.15, 0.2) is 30.3 Å². The van der Waals surface area contributed by atoms with E-state index in [1.165, 1.54) is 12.1 Å². The van der Waals surface area contributed by atoms with Gasteiger partial charge in [0.25, 0.3) is 0 Å². The van der Waals surface area contributed by atoms with Crippen molar-refractivity contribution in [2.75, 3.05) is 0 Å². The molecule has 88 valence electrons. The van der Waals surface area contributed by atoms with E-state index in [1.54, 1.807) is 18.2 Å². The highest BCUT2D eigenvalue weighted by Crippen LogP contribution is 2.44. The molecule has 0 aliphatic carbocycles. The SMILES string of the molecule is NC(CC=O)(OP(=O)(O)O)c1ccccc1. The number of phosphoric ester groups is 1. The number of nitrogens with two attached hydrogens (primary N) is 1. The van der Waals surface area contributed by atoms with E-state index in [1.807, 2.05) is 0 Å². The number of hydrogen-bond donors (Lipinski definition) is 3. The monoisotopic (exact) mass is 245 g/mol. The maximum atomic E-state index is 10.8. The summed E-state index contributed by atoms with van der Waals surface area (Å²) in [6.07, 6.45) is 0.102. The van der Waals surface area contributed by atoms with Gasteiger partial charge >= 0.3 is 7.82 Å². The normalized spacial score (nSPS) is 15.4. The van der Waals surface area contributed by atoms with Gasteiger partial charge < -0.3 is 14.6 Å². The summed E-state index contributed by atoms with van der Waals surface area (Å²) in [5.74, 6) is 0. The molecule has 0 amide bonds. The third-order valence-electron chi connectivity index (χ3n) is 1.93. The van der Waals surface area contributed by atoms with E-state index in [9.17, 15) is 9.36 Å². The molecule has 1 atom stereocenters. The third-order valence-corrected chi connectivity index (χ3v) is 2.49. The predicted octanol–water partition coefficient (Wildman–Crippen LogP) is 0.496. The fourth-order valence-electron chi connectivity index (χ4n) is 1.26. The molecule has 0 aromatic heterocycles. The van der Waals surface area contributed by atoms with Crippen LogP contribution in [0.3, 0.4) is 0 Å². The lowest BCUT2D eigenvalue weighted by Crippen LogP contribution is -2.39. The lowest BCUT2D eigenvalue weighted by atomic mass is 10.0. The second-order valence-corrected chi connectivity index (χ2v) is 4.37. The summed E-state index contributed by atoms with van der Waals surface area (Å²) in [5, 5.41) is 0. The highest BCUT2D eigenvalue weighted by Gasteiger charge is 2.35. The topological polar surface area (TPSA) is 110 Å². The first-order valence-corrected chi connectivity index (χ1v) is 5.95. The summed E-state index contributed by atoms with van der Waals surface area (Å²) < 4.78 is 15.2. The zero-order valence-corrected chi connectivity index (χ0v) is 9.21. The fourth-order valence-corrected chi connectivity index (χ4v) is 1.87. The van der Waals surface area contributed by atoms with Crippen LogP contribution in [0.5, 0.6) is 0 Å². The molecule has 16 heavy (non-hydrogen) atoms. The molecule has 0 fully saturated rings. The molecule has 0 spiro atoms. The molecule has 0 saturated heterocycles. The van der Waals surface area contributed by atoms with Gasteiger partial charge in [-0.3, -0.25) is 10.3 Å². The summed E-state index contributed by atoms with van der Waals surface area (Å²) in [5.41, 5.74) is 4.19. The van der Waals surface area contributed by atoms with E-state index in [4.69, 9.17) is 15.5 Å². The van der Waals surface area contributed by atoms with Gasteiger partial charge in [0.2, 0.25) is 0 Å². The van der Waals surface area contributed by atoms with E-state index in [0.29, 0.717) is 11.8 Å². The number of phosphoric acid groups is 1. The lowest BCUT2D eigenvalue weighted by Gasteiger charge is -2.27. The van der Waals surface area contributed by atoms with E-state index >= 15 is 0 Å². The molecule has 1 unspecified atom stereocenters. The Morgan fingerprint density at radius 3 is 2.38 bits per heavy atom. The summed E-state index contributed by atoms with van der Waals surface area (Å²) >= 11 is 0. The zero-order valence-electron chi connectivity index (χ0n) is 8.31. The van der Waals surface area contributed by atoms with Crippen LogP contribution in [0.4, 0.5) is 0 Å². The van der Waals surface area contributed by atoms with E-state index in [-0.39, 0.29) is 6.42 Å². The van der Waals surface area contributed by atoms with Gasteiger partial charge in [-0.25, -0.2) is 4.57 Å². The van der Waals surface area contributed by atoms with Crippen LogP contribution >= 0.6 is 7.82 Å². The Kier molecular flexibility index (Phi) is 3.96. The minimum Gasteiger partial charge on any atom is -0.303 e. The largest absolute Gasteiger partial charge is 0.471 e. The standard InChI is InChI=1S/C9H12NO5P/c10-9(6-7-11,15-16(12,13)14)8-4-2-1-3-5-8/h1-5,7H,6,10H2,(H2,12,13,14). The van der Waals surface area contributed by atoms with Crippen molar-refractivity contribution in [1.82, 2.24) is 0 Å². The van der Waals surface area contributed by atoms with Crippen molar-refractivity contribution >= 4 is 14.1 Å². The average molecular weight is 245 g/mol. The van der Waals surface area contributed by atoms with Crippen molar-refractivity contribution in [3.8, 4) is 0 Å². The number of hydrogen-bond acceptors (Lipinski definition) is 4. The van der Waals surface area contributed by atoms with Gasteiger partial charge in [0.15, 0.2) is 5.72 Å². The van der Waals surface area contributed by atoms with Gasteiger partial charge in [-0.15, -0.1) is 0 Å². The van der Waals surface area contributed by atoms with Gasteiger partial charge in [-0.1, -0.05) is 30.3 Å². The molecule has 0 heterocycles. The summed E-state index contributed by atoms with van der Waals surface area (Å²) in [6.45, 7) is 0. The number of carbonyl (C=O) groups excluding carboxylic acids is 1. The summed E-state index contributed by atoms with van der Waals surface area (Å²) in [6, 6.07) is 8.02. The Morgan fingerprint density at radius 2 is 1.94 bits per heavy atom. The molecule has 0 aliphatic heterocycles. The van der Waals surface area contributed by atoms with Crippen molar-refractivity contribution in [1.29, 1.82) is 0 Å². The summed E-state index contributed by atoms with van der Waals surface area (Å²) in [4.78, 5) is 27.9. The molecule has 0 bridgehead atoms. The van der Waals surface area contributed by atoms with Crippen LogP contribution < -0.4 is 5.73 Å². The van der Waals surface area contributed by atoms with E-state index in [2.05, 4.69) is 4.52 Å². The molecule has 7 heteroatoms. The van der Waals surface area contributed by atoms with Crippen LogP contribution in [0.25, 0.3) is 0 Å². The number of benzene rings is 1. The molecule has 0 radical (unpaired) electrons. The van der Waals surface area contributed by atoms with Crippen molar-refractivity contribution in [3.05, 3.63) is 35.9 Å². The maximum Gasteiger partial charge on any atom is 0.471 e. The Labute approximate surface area is 92.3 Å². The Hall–Kier alpha value is -1.04. The maximum absolute atomic E-state index is 10.8. The van der Waals surface area contributed by atoms with Gasteiger partial charge in [-0.05, 0) is 5.56 Å². The first kappa shape index (κ1) is 13.0. The fraction of sp³-hybridized carbons (Fsp3) is 0.222. The smallest absolute Gasteiger partial charge is 0.303 e. The first-order valence-electron chi connectivity index (χ1n) is 4.42. The Morgan fingerprint density at radius 1 is 1.38 bits per heavy atom. The van der Waals surface area contributed by atoms with Gasteiger partial charge in [0, 0.05) is 0 Å². The summed E-state index contributed by atoms with van der Waals surface area (Å²) in [7, 11) is -4.77. The minimum absolute atomic E-state index is 0.324. The zero-order chi connectivity index (χ0) is 12.2. The van der Waals surface area contributed by atoms with Crippen molar-refractivity contribution in [2.24, 2.45) is 5.73 Å². The number of aldehydes is 1. The Balaban J connectivity index is 3.06. The van der Waals surface area contributed by atoms with Crippen molar-refractivity contribution in [2.45, 2.75) is 12.1 Å². The van der Waals surface area contributed by atoms with Crippen LogP contribution in [-0.2, 0) is 19.6 Å².